The molecule has 2 aliphatic rings. The Morgan fingerprint density at radius 1 is 1.00 bits per heavy atom. The lowest BCUT2D eigenvalue weighted by atomic mass is 9.84. The zero-order chi connectivity index (χ0) is 31.2. The number of fused-ring (bicyclic) bond motifs is 2. The number of nitrogens with zero attached hydrogens (tertiary/aromatic N) is 4. The first-order valence-corrected chi connectivity index (χ1v) is 15.8. The van der Waals surface area contributed by atoms with Crippen LogP contribution in [0.2, 0.25) is 0 Å². The predicted octanol–water partition coefficient (Wildman–Crippen LogP) is 4.61. The first-order valence-electron chi connectivity index (χ1n) is 15.8. The summed E-state index contributed by atoms with van der Waals surface area (Å²) >= 11 is 0. The number of carboxylic acid groups (broad SMARTS) is 1. The summed E-state index contributed by atoms with van der Waals surface area (Å²) in [5.41, 5.74) is 0.864. The van der Waals surface area contributed by atoms with Crippen molar-refractivity contribution in [3.63, 3.8) is 0 Å². The van der Waals surface area contributed by atoms with Crippen molar-refractivity contribution in [2.75, 3.05) is 53.6 Å². The van der Waals surface area contributed by atoms with Crippen molar-refractivity contribution in [1.82, 2.24) is 19.3 Å². The summed E-state index contributed by atoms with van der Waals surface area (Å²) in [4.78, 5) is 33.0. The highest BCUT2D eigenvalue weighted by atomic mass is 16.7. The largest absolute Gasteiger partial charge is 0.494 e. The van der Waals surface area contributed by atoms with Gasteiger partial charge in [0.25, 0.3) is 0 Å². The highest BCUT2D eigenvalue weighted by Gasteiger charge is 2.47. The van der Waals surface area contributed by atoms with Crippen LogP contribution in [0.15, 0.2) is 48.7 Å². The van der Waals surface area contributed by atoms with Crippen molar-refractivity contribution in [3.8, 4) is 17.4 Å². The Morgan fingerprint density at radius 3 is 2.50 bits per heavy atom. The third kappa shape index (κ3) is 7.13. The first-order chi connectivity index (χ1) is 21.3. The standard InChI is InChI=1S/C34H46N4O6/c1-4-5-16-36(17-9-8-15-35(2)3)31(39)22-38-21-27(24-12-13-29-30(19-24)44-23-43-29)32(34(41)42)28(38)14-18-37-20-25-10-6-7-11-26(25)33(37)40/h6-7,10-13,19-20,27-28,32,40H,4-5,8-9,14-18,21-23H2,1-3H3,(H,41,42)/t27-,28+,32?/m1/s1. The van der Waals surface area contributed by atoms with Gasteiger partial charge in [0.05, 0.1) is 12.5 Å². The monoisotopic (exact) mass is 606 g/mol. The maximum absolute atomic E-state index is 13.8. The number of aryl methyl sites for hydroxylation is 1. The van der Waals surface area contributed by atoms with E-state index in [1.807, 2.05) is 53.6 Å². The number of benzene rings is 2. The highest BCUT2D eigenvalue weighted by molar-refractivity contribution is 5.87. The van der Waals surface area contributed by atoms with Gasteiger partial charge in [-0.1, -0.05) is 37.6 Å². The van der Waals surface area contributed by atoms with Crippen molar-refractivity contribution in [1.29, 1.82) is 0 Å². The molecule has 238 valence electrons. The van der Waals surface area contributed by atoms with Crippen LogP contribution >= 0.6 is 0 Å². The van der Waals surface area contributed by atoms with Crippen molar-refractivity contribution in [3.05, 3.63) is 54.2 Å². The fourth-order valence-corrected chi connectivity index (χ4v) is 6.69. The van der Waals surface area contributed by atoms with Gasteiger partial charge in [-0.2, -0.15) is 0 Å². The fraction of sp³-hybridized carbons (Fsp3) is 0.529. The van der Waals surface area contributed by atoms with Crippen molar-refractivity contribution in [2.24, 2.45) is 5.92 Å². The summed E-state index contributed by atoms with van der Waals surface area (Å²) < 4.78 is 12.9. The minimum atomic E-state index is -0.888. The summed E-state index contributed by atoms with van der Waals surface area (Å²) in [7, 11) is 4.11. The van der Waals surface area contributed by atoms with Crippen LogP contribution < -0.4 is 9.47 Å². The number of hydrogen-bond acceptors (Lipinski definition) is 7. The number of aliphatic carboxylic acids is 1. The Morgan fingerprint density at radius 2 is 1.75 bits per heavy atom. The Balaban J connectivity index is 1.39. The van der Waals surface area contributed by atoms with Crippen LogP contribution in [0.1, 0.15) is 50.5 Å². The van der Waals surface area contributed by atoms with Gasteiger partial charge in [0.15, 0.2) is 17.4 Å². The number of aromatic hydroxyl groups is 1. The molecule has 1 saturated heterocycles. The molecule has 3 heterocycles. The number of carbonyl (C=O) groups is 2. The van der Waals surface area contributed by atoms with Gasteiger partial charge < -0.3 is 34.1 Å². The second-order valence-corrected chi connectivity index (χ2v) is 12.3. The molecule has 1 unspecified atom stereocenters. The molecule has 0 aliphatic carbocycles. The smallest absolute Gasteiger partial charge is 0.308 e. The molecule has 44 heavy (non-hydrogen) atoms. The molecule has 0 bridgehead atoms. The normalized spacial score (nSPS) is 19.7. The summed E-state index contributed by atoms with van der Waals surface area (Å²) in [6, 6.07) is 12.9. The van der Waals surface area contributed by atoms with E-state index in [2.05, 4.69) is 30.8 Å². The minimum absolute atomic E-state index is 0.0401. The highest BCUT2D eigenvalue weighted by Crippen LogP contribution is 2.43. The molecular formula is C34H46N4O6. The van der Waals surface area contributed by atoms with E-state index in [1.54, 1.807) is 4.57 Å². The lowest BCUT2D eigenvalue weighted by Crippen LogP contribution is -2.45. The molecule has 1 aromatic heterocycles. The SMILES string of the molecule is CCCCN(CCCCN(C)C)C(=O)CN1C[C@H](c2ccc3c(c2)OCO3)C(C(=O)O)[C@@H]1CCn1cc2ccccc2c1O. The van der Waals surface area contributed by atoms with Crippen LogP contribution in [0.4, 0.5) is 0 Å². The second kappa shape index (κ2) is 14.3. The lowest BCUT2D eigenvalue weighted by Gasteiger charge is -2.30. The zero-order valence-corrected chi connectivity index (χ0v) is 26.2. The fourth-order valence-electron chi connectivity index (χ4n) is 6.69. The number of ether oxygens (including phenoxy) is 2. The third-order valence-corrected chi connectivity index (χ3v) is 9.05. The zero-order valence-electron chi connectivity index (χ0n) is 26.2. The predicted molar refractivity (Wildman–Crippen MR) is 169 cm³/mol. The van der Waals surface area contributed by atoms with E-state index in [0.717, 1.165) is 48.6 Å². The maximum Gasteiger partial charge on any atom is 0.308 e. The molecule has 2 aromatic carbocycles. The number of likely N-dealkylation sites (tertiary alicyclic amines) is 1. The summed E-state index contributed by atoms with van der Waals surface area (Å²) in [5, 5.41) is 23.2. The number of amides is 1. The molecule has 1 amide bonds. The molecule has 0 saturated carbocycles. The van der Waals surface area contributed by atoms with Gasteiger partial charge in [0, 0.05) is 55.1 Å². The number of aromatic nitrogens is 1. The van der Waals surface area contributed by atoms with Crippen LogP contribution in [0, 0.1) is 5.92 Å². The minimum Gasteiger partial charge on any atom is -0.494 e. The first kappa shape index (κ1) is 31.7. The molecule has 2 aliphatic heterocycles. The number of carbonyl (C=O) groups excluding carboxylic acids is 1. The van der Waals surface area contributed by atoms with E-state index in [4.69, 9.17) is 9.47 Å². The van der Waals surface area contributed by atoms with Crippen LogP contribution in [0.25, 0.3) is 10.8 Å². The molecule has 3 atom stereocenters. The number of hydrogen-bond donors (Lipinski definition) is 2. The Bertz CT molecular complexity index is 1440. The van der Waals surface area contributed by atoms with E-state index in [9.17, 15) is 19.8 Å². The van der Waals surface area contributed by atoms with Crippen LogP contribution in [0.3, 0.4) is 0 Å². The van der Waals surface area contributed by atoms with Gasteiger partial charge in [-0.05, 0) is 70.1 Å². The average molecular weight is 607 g/mol. The summed E-state index contributed by atoms with van der Waals surface area (Å²) in [6.07, 6.45) is 6.24. The van der Waals surface area contributed by atoms with E-state index in [-0.39, 0.29) is 31.0 Å². The van der Waals surface area contributed by atoms with Gasteiger partial charge in [0.2, 0.25) is 12.7 Å². The molecule has 10 nitrogen and oxygen atoms in total. The third-order valence-electron chi connectivity index (χ3n) is 9.05. The van der Waals surface area contributed by atoms with Gasteiger partial charge in [-0.25, -0.2) is 0 Å². The molecule has 2 N–H and O–H groups in total. The van der Waals surface area contributed by atoms with E-state index in [0.29, 0.717) is 44.1 Å². The molecule has 5 rings (SSSR count). The molecule has 1 fully saturated rings. The van der Waals surface area contributed by atoms with Gasteiger partial charge in [-0.15, -0.1) is 0 Å². The summed E-state index contributed by atoms with van der Waals surface area (Å²) in [6.45, 7) is 5.67. The van der Waals surface area contributed by atoms with Gasteiger partial charge in [-0.3, -0.25) is 14.5 Å². The van der Waals surface area contributed by atoms with Crippen molar-refractivity contribution >= 4 is 22.6 Å². The van der Waals surface area contributed by atoms with Crippen molar-refractivity contribution in [2.45, 2.75) is 57.5 Å². The Labute approximate surface area is 259 Å². The quantitative estimate of drug-likeness (QED) is 0.242. The molecule has 0 spiro atoms. The molecule has 10 heteroatoms. The average Bonchev–Trinajstić information content (AvgIpc) is 3.70. The maximum atomic E-state index is 13.8. The molecular weight excluding hydrogens is 560 g/mol. The van der Waals surface area contributed by atoms with Gasteiger partial charge in [0.1, 0.15) is 0 Å². The van der Waals surface area contributed by atoms with Crippen LogP contribution in [0.5, 0.6) is 17.4 Å². The molecule has 3 aromatic rings. The Hall–Kier alpha value is -3.76. The topological polar surface area (TPSA) is 108 Å². The molecule has 0 radical (unpaired) electrons. The van der Waals surface area contributed by atoms with Crippen LogP contribution in [-0.2, 0) is 16.1 Å². The van der Waals surface area contributed by atoms with Crippen molar-refractivity contribution < 1.29 is 29.3 Å². The van der Waals surface area contributed by atoms with E-state index < -0.39 is 17.9 Å². The number of unbranched alkanes of at least 4 members (excludes halogenated alkanes) is 2. The number of carboxylic acids is 1. The van der Waals surface area contributed by atoms with Gasteiger partial charge >= 0.3 is 5.97 Å². The lowest BCUT2D eigenvalue weighted by molar-refractivity contribution is -0.144. The Kier molecular flexibility index (Phi) is 10.3. The van der Waals surface area contributed by atoms with E-state index in [1.165, 1.54) is 0 Å². The second-order valence-electron chi connectivity index (χ2n) is 12.3. The van der Waals surface area contributed by atoms with Crippen LogP contribution in [-0.4, -0.2) is 101 Å². The summed E-state index contributed by atoms with van der Waals surface area (Å²) in [5.74, 6) is -0.479. The van der Waals surface area contributed by atoms with E-state index >= 15 is 0 Å². The number of rotatable bonds is 15.